The van der Waals surface area contributed by atoms with Crippen LogP contribution in [0.15, 0.2) is 67.0 Å². The van der Waals surface area contributed by atoms with Crippen molar-refractivity contribution < 1.29 is 22.7 Å². The number of hydrogen-bond donors (Lipinski definition) is 2. The molecule has 0 radical (unpaired) electrons. The Kier molecular flexibility index (Phi) is 7.71. The van der Waals surface area contributed by atoms with Crippen molar-refractivity contribution in [2.24, 2.45) is 0 Å². The fraction of sp³-hybridized carbons (Fsp3) is 0.200. The Bertz CT molecular complexity index is 1140. The second-order valence-electron chi connectivity index (χ2n) is 7.34. The molecule has 0 aliphatic carbocycles. The lowest BCUT2D eigenvalue weighted by molar-refractivity contribution is -0.137. The van der Waals surface area contributed by atoms with Crippen LogP contribution in [0.5, 0.6) is 5.75 Å². The van der Waals surface area contributed by atoms with Gasteiger partial charge < -0.3 is 15.4 Å². The number of aromatic nitrogens is 1. The zero-order chi connectivity index (χ0) is 23.8. The quantitative estimate of drug-likeness (QED) is 0.398. The Labute approximate surface area is 190 Å². The Morgan fingerprint density at radius 2 is 1.94 bits per heavy atom. The first kappa shape index (κ1) is 23.8. The van der Waals surface area contributed by atoms with Crippen LogP contribution in [0.4, 0.5) is 24.5 Å². The largest absolute Gasteiger partial charge is 0.495 e. The number of benzene rings is 2. The lowest BCUT2D eigenvalue weighted by atomic mass is 10.1. The van der Waals surface area contributed by atoms with Gasteiger partial charge in [0.1, 0.15) is 5.75 Å². The number of rotatable bonds is 8. The summed E-state index contributed by atoms with van der Waals surface area (Å²) in [6.07, 6.45) is 3.59. The first-order valence-electron chi connectivity index (χ1n) is 10.2. The highest BCUT2D eigenvalue weighted by Crippen LogP contribution is 2.30. The topological polar surface area (TPSA) is 63.2 Å². The summed E-state index contributed by atoms with van der Waals surface area (Å²) in [6.45, 7) is 2.54. The molecular formula is C25H24F3N3O2. The van der Waals surface area contributed by atoms with Gasteiger partial charge in [0.2, 0.25) is 0 Å². The number of pyridine rings is 1. The number of amides is 1. The van der Waals surface area contributed by atoms with Crippen molar-refractivity contribution in [1.29, 1.82) is 0 Å². The van der Waals surface area contributed by atoms with Crippen molar-refractivity contribution >= 4 is 23.4 Å². The van der Waals surface area contributed by atoms with Crippen LogP contribution in [0.2, 0.25) is 0 Å². The molecule has 0 saturated heterocycles. The number of anilines is 2. The minimum absolute atomic E-state index is 0.0853. The normalized spacial score (nSPS) is 11.4. The molecule has 0 aliphatic rings. The van der Waals surface area contributed by atoms with Crippen molar-refractivity contribution in [2.75, 3.05) is 24.3 Å². The van der Waals surface area contributed by atoms with E-state index in [1.54, 1.807) is 37.7 Å². The zero-order valence-electron chi connectivity index (χ0n) is 18.2. The third-order valence-electron chi connectivity index (χ3n) is 4.85. The third-order valence-corrected chi connectivity index (χ3v) is 4.85. The van der Waals surface area contributed by atoms with Crippen molar-refractivity contribution in [3.05, 3.63) is 89.3 Å². The van der Waals surface area contributed by atoms with Gasteiger partial charge in [0.15, 0.2) is 0 Å². The van der Waals surface area contributed by atoms with Gasteiger partial charge in [-0.2, -0.15) is 13.2 Å². The highest BCUT2D eigenvalue weighted by atomic mass is 19.4. The molecule has 33 heavy (non-hydrogen) atoms. The Morgan fingerprint density at radius 1 is 1.12 bits per heavy atom. The summed E-state index contributed by atoms with van der Waals surface area (Å²) < 4.78 is 43.8. The van der Waals surface area contributed by atoms with Gasteiger partial charge >= 0.3 is 6.18 Å². The minimum Gasteiger partial charge on any atom is -0.495 e. The molecule has 8 heteroatoms. The molecule has 2 aromatic carbocycles. The summed E-state index contributed by atoms with van der Waals surface area (Å²) >= 11 is 0. The van der Waals surface area contributed by atoms with Crippen LogP contribution in [0.1, 0.15) is 33.5 Å². The zero-order valence-corrected chi connectivity index (χ0v) is 18.2. The molecule has 1 amide bonds. The monoisotopic (exact) mass is 455 g/mol. The van der Waals surface area contributed by atoms with E-state index >= 15 is 0 Å². The molecular weight excluding hydrogens is 431 g/mol. The van der Waals surface area contributed by atoms with E-state index in [4.69, 9.17) is 4.74 Å². The van der Waals surface area contributed by atoms with Gasteiger partial charge in [0, 0.05) is 29.7 Å². The van der Waals surface area contributed by atoms with E-state index in [0.29, 0.717) is 17.9 Å². The Morgan fingerprint density at radius 3 is 2.70 bits per heavy atom. The third kappa shape index (κ3) is 6.83. The summed E-state index contributed by atoms with van der Waals surface area (Å²) in [6, 6.07) is 11.6. The number of aryl methyl sites for hydroxylation is 1. The molecule has 0 atom stereocenters. The summed E-state index contributed by atoms with van der Waals surface area (Å²) in [5, 5.41) is 5.82. The van der Waals surface area contributed by atoms with Crippen molar-refractivity contribution in [3.8, 4) is 5.75 Å². The molecule has 1 aromatic heterocycles. The predicted molar refractivity (Wildman–Crippen MR) is 124 cm³/mol. The first-order valence-corrected chi connectivity index (χ1v) is 10.2. The van der Waals surface area contributed by atoms with Crippen LogP contribution in [-0.2, 0) is 6.18 Å². The molecule has 0 saturated carbocycles. The average Bonchev–Trinajstić information content (AvgIpc) is 2.79. The highest BCUT2D eigenvalue weighted by Gasteiger charge is 2.30. The second kappa shape index (κ2) is 10.7. The number of ether oxygens (including phenoxy) is 1. The number of carbonyl (C=O) groups is 1. The van der Waals surface area contributed by atoms with Gasteiger partial charge in [-0.05, 0) is 60.9 Å². The van der Waals surface area contributed by atoms with Gasteiger partial charge in [-0.25, -0.2) is 0 Å². The maximum Gasteiger partial charge on any atom is 0.416 e. The van der Waals surface area contributed by atoms with Crippen LogP contribution in [0.3, 0.4) is 0 Å². The second-order valence-corrected chi connectivity index (χ2v) is 7.34. The SMILES string of the molecule is COc1cncc(C=CCCNc2cc(C(=O)Nc3cccc(C(F)(F)F)c3)ccc2C)c1. The van der Waals surface area contributed by atoms with Crippen molar-refractivity contribution in [3.63, 3.8) is 0 Å². The molecule has 1 heterocycles. The standard InChI is InChI=1S/C25H24F3N3O2/c1-17-9-10-19(24(32)31-21-8-5-7-20(14-21)25(26,27)28)13-23(17)30-11-4-3-6-18-12-22(33-2)16-29-15-18/h3,5-10,12-16,30H,4,11H2,1-2H3,(H,31,32). The van der Waals surface area contributed by atoms with Gasteiger partial charge in [-0.1, -0.05) is 24.3 Å². The minimum atomic E-state index is -4.47. The lowest BCUT2D eigenvalue weighted by Gasteiger charge is -2.12. The lowest BCUT2D eigenvalue weighted by Crippen LogP contribution is -2.14. The molecule has 3 aromatic rings. The van der Waals surface area contributed by atoms with E-state index in [0.717, 1.165) is 35.4 Å². The molecule has 3 rings (SSSR count). The molecule has 0 unspecified atom stereocenters. The first-order chi connectivity index (χ1) is 15.8. The average molecular weight is 455 g/mol. The number of nitrogens with zero attached hydrogens (tertiary/aromatic N) is 1. The van der Waals surface area contributed by atoms with Gasteiger partial charge in [0.25, 0.3) is 5.91 Å². The van der Waals surface area contributed by atoms with Crippen LogP contribution in [-0.4, -0.2) is 24.5 Å². The van der Waals surface area contributed by atoms with Gasteiger partial charge in [0.05, 0.1) is 18.9 Å². The summed E-state index contributed by atoms with van der Waals surface area (Å²) in [5.74, 6) is 0.203. The number of hydrogen-bond acceptors (Lipinski definition) is 4. The van der Waals surface area contributed by atoms with Crippen LogP contribution in [0, 0.1) is 6.92 Å². The smallest absolute Gasteiger partial charge is 0.416 e. The maximum atomic E-state index is 12.9. The molecule has 2 N–H and O–H groups in total. The molecule has 0 fully saturated rings. The number of carbonyl (C=O) groups excluding carboxylic acids is 1. The molecule has 5 nitrogen and oxygen atoms in total. The van der Waals surface area contributed by atoms with E-state index in [9.17, 15) is 18.0 Å². The fourth-order valence-electron chi connectivity index (χ4n) is 3.08. The molecule has 0 spiro atoms. The van der Waals surface area contributed by atoms with E-state index in [1.807, 2.05) is 25.1 Å². The summed E-state index contributed by atoms with van der Waals surface area (Å²) in [4.78, 5) is 16.7. The van der Waals surface area contributed by atoms with Crippen LogP contribution < -0.4 is 15.4 Å². The van der Waals surface area contributed by atoms with E-state index in [1.165, 1.54) is 12.1 Å². The maximum absolute atomic E-state index is 12.9. The van der Waals surface area contributed by atoms with Crippen LogP contribution >= 0.6 is 0 Å². The molecule has 172 valence electrons. The van der Waals surface area contributed by atoms with E-state index in [-0.39, 0.29) is 5.69 Å². The summed E-state index contributed by atoms with van der Waals surface area (Å²) in [7, 11) is 1.59. The van der Waals surface area contributed by atoms with Crippen LogP contribution in [0.25, 0.3) is 6.08 Å². The Balaban J connectivity index is 1.60. The number of alkyl halides is 3. The van der Waals surface area contributed by atoms with Gasteiger partial charge in [-0.15, -0.1) is 0 Å². The number of halogens is 3. The van der Waals surface area contributed by atoms with E-state index < -0.39 is 17.6 Å². The number of methoxy groups -OCH3 is 1. The van der Waals surface area contributed by atoms with Crippen molar-refractivity contribution in [1.82, 2.24) is 4.98 Å². The molecule has 0 aliphatic heterocycles. The highest BCUT2D eigenvalue weighted by molar-refractivity contribution is 6.05. The Hall–Kier alpha value is -3.81. The summed E-state index contributed by atoms with van der Waals surface area (Å²) in [5.41, 5.74) is 2.28. The predicted octanol–water partition coefficient (Wildman–Crippen LogP) is 6.19. The van der Waals surface area contributed by atoms with Gasteiger partial charge in [-0.3, -0.25) is 9.78 Å². The van der Waals surface area contributed by atoms with Crippen molar-refractivity contribution in [2.45, 2.75) is 19.5 Å². The number of nitrogens with one attached hydrogen (secondary N) is 2. The van der Waals surface area contributed by atoms with E-state index in [2.05, 4.69) is 15.6 Å². The molecule has 0 bridgehead atoms. The fourth-order valence-corrected chi connectivity index (χ4v) is 3.08.